The average molecular weight is 619 g/mol. The van der Waals surface area contributed by atoms with Crippen LogP contribution in [0.25, 0.3) is 0 Å². The van der Waals surface area contributed by atoms with Crippen LogP contribution in [-0.2, 0) is 14.4 Å². The minimum atomic E-state index is -2.85. The molecule has 44 heavy (non-hydrogen) atoms. The van der Waals surface area contributed by atoms with Crippen molar-refractivity contribution in [2.75, 3.05) is 9.80 Å². The highest BCUT2D eigenvalue weighted by Crippen LogP contribution is 2.43. The van der Waals surface area contributed by atoms with Gasteiger partial charge in [-0.2, -0.15) is 5.26 Å². The van der Waals surface area contributed by atoms with Crippen molar-refractivity contribution >= 4 is 41.0 Å². The molecule has 1 N–H and O–H groups in total. The Balaban J connectivity index is 1.38. The van der Waals surface area contributed by atoms with Gasteiger partial charge in [0, 0.05) is 60.2 Å². The molecule has 3 aromatic rings. The van der Waals surface area contributed by atoms with Crippen molar-refractivity contribution in [3.05, 3.63) is 82.6 Å². The maximum absolute atomic E-state index is 14.5. The molecule has 2 heterocycles. The lowest BCUT2D eigenvalue weighted by atomic mass is 9.87. The Labute approximate surface area is 257 Å². The fourth-order valence-electron chi connectivity index (χ4n) is 5.96. The van der Waals surface area contributed by atoms with Gasteiger partial charge in [-0.25, -0.2) is 18.7 Å². The predicted molar refractivity (Wildman–Crippen MR) is 158 cm³/mol. The molecule has 1 saturated heterocycles. The number of rotatable bonds is 9. The first-order valence-electron chi connectivity index (χ1n) is 14.5. The molecular weight excluding hydrogens is 590 g/mol. The number of nitrogens with zero attached hydrogens (tertiary/aromatic N) is 5. The lowest BCUT2D eigenvalue weighted by molar-refractivity contribution is -0.133. The standard InChI is InChI=1S/C32H29ClF2N6O3/c33-26-7-2-1-6-25(26)29(30(44)38-22-16-32(34,35)17-22)40(23-5-3-4-20(14-23)19-8-9-19)28(43)15-24-10-11-27(42)41(24)31-37-13-12-21(18-36)39-31/h1-7,12-14,19,22,24,29H,8-11,15-17H2,(H,38,44)/t24-,29-/m0/s1. The Morgan fingerprint density at radius 1 is 1.14 bits per heavy atom. The zero-order chi connectivity index (χ0) is 31.0. The zero-order valence-electron chi connectivity index (χ0n) is 23.6. The van der Waals surface area contributed by atoms with Crippen LogP contribution in [0.1, 0.15) is 73.7 Å². The molecule has 2 aromatic carbocycles. The number of hydrogen-bond donors (Lipinski definition) is 1. The second kappa shape index (κ2) is 11.9. The van der Waals surface area contributed by atoms with Crippen molar-refractivity contribution < 1.29 is 23.2 Å². The number of amides is 3. The van der Waals surface area contributed by atoms with Crippen molar-refractivity contribution in [3.63, 3.8) is 0 Å². The molecular formula is C32H29ClF2N6O3. The number of nitriles is 1. The number of benzene rings is 2. The van der Waals surface area contributed by atoms with E-state index in [0.717, 1.165) is 18.4 Å². The Hall–Kier alpha value is -4.43. The summed E-state index contributed by atoms with van der Waals surface area (Å²) in [5.41, 5.74) is 1.90. The van der Waals surface area contributed by atoms with Gasteiger partial charge >= 0.3 is 0 Å². The first kappa shape index (κ1) is 29.6. The van der Waals surface area contributed by atoms with E-state index >= 15 is 0 Å². The van der Waals surface area contributed by atoms with E-state index < -0.39 is 48.7 Å². The summed E-state index contributed by atoms with van der Waals surface area (Å²) < 4.78 is 27.4. The van der Waals surface area contributed by atoms with Gasteiger partial charge in [0.2, 0.25) is 23.7 Å². The van der Waals surface area contributed by atoms with Crippen LogP contribution >= 0.6 is 11.6 Å². The highest BCUT2D eigenvalue weighted by molar-refractivity contribution is 6.31. The molecule has 3 amide bonds. The fraction of sp³-hybridized carbons (Fsp3) is 0.375. The van der Waals surface area contributed by atoms with Crippen molar-refractivity contribution in [2.24, 2.45) is 0 Å². The van der Waals surface area contributed by atoms with E-state index in [1.54, 1.807) is 30.3 Å². The zero-order valence-corrected chi connectivity index (χ0v) is 24.4. The van der Waals surface area contributed by atoms with Crippen molar-refractivity contribution in [1.29, 1.82) is 5.26 Å². The molecule has 0 bridgehead atoms. The quantitative estimate of drug-likeness (QED) is 0.340. The van der Waals surface area contributed by atoms with E-state index in [1.807, 2.05) is 24.3 Å². The maximum Gasteiger partial charge on any atom is 0.252 e. The molecule has 226 valence electrons. The molecule has 1 aliphatic heterocycles. The van der Waals surface area contributed by atoms with E-state index in [0.29, 0.717) is 23.6 Å². The molecule has 3 aliphatic rings. The van der Waals surface area contributed by atoms with Gasteiger partial charge in [0.25, 0.3) is 5.92 Å². The van der Waals surface area contributed by atoms with Crippen molar-refractivity contribution in [3.8, 4) is 6.07 Å². The average Bonchev–Trinajstić information content (AvgIpc) is 3.78. The number of carbonyl (C=O) groups excluding carboxylic acids is 3. The predicted octanol–water partition coefficient (Wildman–Crippen LogP) is 5.45. The molecule has 1 aromatic heterocycles. The van der Waals surface area contributed by atoms with Gasteiger partial charge in [-0.15, -0.1) is 0 Å². The molecule has 2 aliphatic carbocycles. The second-order valence-electron chi connectivity index (χ2n) is 11.5. The van der Waals surface area contributed by atoms with Gasteiger partial charge < -0.3 is 5.32 Å². The molecule has 6 rings (SSSR count). The Morgan fingerprint density at radius 3 is 2.61 bits per heavy atom. The van der Waals surface area contributed by atoms with Crippen LogP contribution in [0.3, 0.4) is 0 Å². The van der Waals surface area contributed by atoms with E-state index in [2.05, 4.69) is 15.3 Å². The van der Waals surface area contributed by atoms with Gasteiger partial charge in [-0.05, 0) is 55.0 Å². The Kier molecular flexibility index (Phi) is 8.03. The molecule has 3 fully saturated rings. The van der Waals surface area contributed by atoms with Crippen LogP contribution in [0, 0.1) is 11.3 Å². The summed E-state index contributed by atoms with van der Waals surface area (Å²) in [6.45, 7) is 0. The number of anilines is 2. The van der Waals surface area contributed by atoms with E-state index in [-0.39, 0.29) is 35.4 Å². The second-order valence-corrected chi connectivity index (χ2v) is 11.9. The summed E-state index contributed by atoms with van der Waals surface area (Å²) in [4.78, 5) is 52.4. The third-order valence-electron chi connectivity index (χ3n) is 8.32. The SMILES string of the molecule is N#Cc1ccnc(N2C(=O)CC[C@H]2CC(=O)N(c2cccc(C3CC3)c2)[C@H](C(=O)NC2CC(F)(F)C2)c2ccccc2Cl)n1. The molecule has 2 atom stereocenters. The lowest BCUT2D eigenvalue weighted by Crippen LogP contribution is -2.54. The number of carbonyl (C=O) groups is 3. The summed E-state index contributed by atoms with van der Waals surface area (Å²) in [5.74, 6) is -3.87. The first-order chi connectivity index (χ1) is 21.1. The molecule has 0 spiro atoms. The van der Waals surface area contributed by atoms with E-state index in [9.17, 15) is 28.4 Å². The third kappa shape index (κ3) is 6.13. The fourth-order valence-corrected chi connectivity index (χ4v) is 6.20. The number of alkyl halides is 2. The van der Waals surface area contributed by atoms with Crippen LogP contribution in [-0.4, -0.2) is 45.7 Å². The normalized spacial score (nSPS) is 20.0. The van der Waals surface area contributed by atoms with Crippen LogP contribution in [0.5, 0.6) is 0 Å². The monoisotopic (exact) mass is 618 g/mol. The van der Waals surface area contributed by atoms with Crippen molar-refractivity contribution in [1.82, 2.24) is 15.3 Å². The topological polar surface area (TPSA) is 119 Å². The minimum Gasteiger partial charge on any atom is -0.351 e. The summed E-state index contributed by atoms with van der Waals surface area (Å²) in [6, 6.07) is 14.7. The Morgan fingerprint density at radius 2 is 1.91 bits per heavy atom. The van der Waals surface area contributed by atoms with Crippen LogP contribution in [0.2, 0.25) is 5.02 Å². The molecule has 0 unspecified atom stereocenters. The van der Waals surface area contributed by atoms with Gasteiger partial charge in [-0.1, -0.05) is 41.9 Å². The van der Waals surface area contributed by atoms with Gasteiger partial charge in [0.15, 0.2) is 0 Å². The number of hydrogen-bond acceptors (Lipinski definition) is 6. The number of nitrogens with one attached hydrogen (secondary N) is 1. The third-order valence-corrected chi connectivity index (χ3v) is 8.66. The summed E-state index contributed by atoms with van der Waals surface area (Å²) in [5, 5.41) is 12.3. The highest BCUT2D eigenvalue weighted by atomic mass is 35.5. The largest absolute Gasteiger partial charge is 0.351 e. The number of aromatic nitrogens is 2. The van der Waals surface area contributed by atoms with E-state index in [4.69, 9.17) is 11.6 Å². The molecule has 12 heteroatoms. The summed E-state index contributed by atoms with van der Waals surface area (Å²) in [6.07, 6.45) is 2.74. The van der Waals surface area contributed by atoms with Crippen molar-refractivity contribution in [2.45, 2.75) is 74.9 Å². The lowest BCUT2D eigenvalue weighted by Gasteiger charge is -2.38. The van der Waals surface area contributed by atoms with Crippen LogP contribution in [0.15, 0.2) is 60.8 Å². The van der Waals surface area contributed by atoms with Gasteiger partial charge in [-0.3, -0.25) is 24.2 Å². The minimum absolute atomic E-state index is 0.0259. The van der Waals surface area contributed by atoms with E-state index in [1.165, 1.54) is 22.1 Å². The molecule has 9 nitrogen and oxygen atoms in total. The molecule has 0 radical (unpaired) electrons. The van der Waals surface area contributed by atoms with Crippen LogP contribution < -0.4 is 15.1 Å². The summed E-state index contributed by atoms with van der Waals surface area (Å²) >= 11 is 6.61. The maximum atomic E-state index is 14.5. The first-order valence-corrected chi connectivity index (χ1v) is 14.9. The Bertz CT molecular complexity index is 1650. The highest BCUT2D eigenvalue weighted by Gasteiger charge is 2.47. The van der Waals surface area contributed by atoms with Gasteiger partial charge in [0.05, 0.1) is 0 Å². The molecule has 2 saturated carbocycles. The smallest absolute Gasteiger partial charge is 0.252 e. The van der Waals surface area contributed by atoms with Crippen LogP contribution in [0.4, 0.5) is 20.4 Å². The van der Waals surface area contributed by atoms with Gasteiger partial charge in [0.1, 0.15) is 17.8 Å². The number of halogens is 3. The summed E-state index contributed by atoms with van der Waals surface area (Å²) in [7, 11) is 0.